The molecule has 0 saturated heterocycles. The number of thiophene rings is 1. The van der Waals surface area contributed by atoms with E-state index in [1.807, 2.05) is 31.2 Å². The van der Waals surface area contributed by atoms with E-state index < -0.39 is 12.1 Å². The van der Waals surface area contributed by atoms with Gasteiger partial charge in [0, 0.05) is 10.7 Å². The summed E-state index contributed by atoms with van der Waals surface area (Å²) in [6.07, 6.45) is 1.27. The van der Waals surface area contributed by atoms with E-state index in [1.165, 1.54) is 11.3 Å². The van der Waals surface area contributed by atoms with Gasteiger partial charge in [-0.2, -0.15) is 0 Å². The van der Waals surface area contributed by atoms with Gasteiger partial charge in [-0.3, -0.25) is 4.79 Å². The number of aryl methyl sites for hydroxylation is 1. The van der Waals surface area contributed by atoms with Crippen LogP contribution in [0.25, 0.3) is 10.1 Å². The highest BCUT2D eigenvalue weighted by Crippen LogP contribution is 2.31. The Morgan fingerprint density at radius 3 is 2.71 bits per heavy atom. The second-order valence-electron chi connectivity index (χ2n) is 5.38. The van der Waals surface area contributed by atoms with Crippen LogP contribution in [0.2, 0.25) is 0 Å². The molecule has 1 fully saturated rings. The zero-order valence-electron chi connectivity index (χ0n) is 12.0. The van der Waals surface area contributed by atoms with E-state index in [4.69, 9.17) is 4.74 Å². The van der Waals surface area contributed by atoms with Crippen LogP contribution in [0.4, 0.5) is 0 Å². The summed E-state index contributed by atoms with van der Waals surface area (Å²) in [4.78, 5) is 24.7. The Hall–Kier alpha value is -1.88. The van der Waals surface area contributed by atoms with Crippen LogP contribution in [0, 0.1) is 6.92 Å². The predicted molar refractivity (Wildman–Crippen MR) is 82.6 cm³/mol. The number of carbonyl (C=O) groups is 2. The number of ether oxygens (including phenoxy) is 1. The molecule has 1 N–H and O–H groups in total. The highest BCUT2D eigenvalue weighted by molar-refractivity contribution is 7.21. The van der Waals surface area contributed by atoms with Crippen molar-refractivity contribution in [3.63, 3.8) is 0 Å². The molecule has 110 valence electrons. The lowest BCUT2D eigenvalue weighted by atomic mass is 10.1. The monoisotopic (exact) mass is 303 g/mol. The normalized spacial score (nSPS) is 15.7. The number of rotatable bonds is 4. The average molecular weight is 303 g/mol. The SMILES string of the molecule is Cc1c(C(=O)O[C@@H](C)C(=O)NC2CC2)sc2ccccc12. The molecule has 1 aromatic carbocycles. The van der Waals surface area contributed by atoms with Crippen molar-refractivity contribution in [2.75, 3.05) is 0 Å². The molecule has 0 unspecified atom stereocenters. The molecule has 1 atom stereocenters. The fraction of sp³-hybridized carbons (Fsp3) is 0.375. The van der Waals surface area contributed by atoms with Gasteiger partial charge in [-0.15, -0.1) is 11.3 Å². The topological polar surface area (TPSA) is 55.4 Å². The van der Waals surface area contributed by atoms with Gasteiger partial charge >= 0.3 is 5.97 Å². The number of hydrogen-bond donors (Lipinski definition) is 1. The van der Waals surface area contributed by atoms with Gasteiger partial charge in [0.15, 0.2) is 6.10 Å². The van der Waals surface area contributed by atoms with Gasteiger partial charge in [0.2, 0.25) is 0 Å². The van der Waals surface area contributed by atoms with Crippen LogP contribution in [-0.4, -0.2) is 24.0 Å². The largest absolute Gasteiger partial charge is 0.448 e. The lowest BCUT2D eigenvalue weighted by Crippen LogP contribution is -2.37. The molecule has 1 aliphatic carbocycles. The van der Waals surface area contributed by atoms with Crippen molar-refractivity contribution >= 4 is 33.3 Å². The molecule has 5 heteroatoms. The molecule has 4 nitrogen and oxygen atoms in total. The fourth-order valence-corrected chi connectivity index (χ4v) is 3.27. The minimum atomic E-state index is -0.761. The molecule has 0 radical (unpaired) electrons. The maximum atomic E-state index is 12.3. The molecule has 21 heavy (non-hydrogen) atoms. The fourth-order valence-electron chi connectivity index (χ4n) is 2.18. The highest BCUT2D eigenvalue weighted by atomic mass is 32.1. The molecule has 0 bridgehead atoms. The number of nitrogens with one attached hydrogen (secondary N) is 1. The van der Waals surface area contributed by atoms with Crippen LogP contribution >= 0.6 is 11.3 Å². The van der Waals surface area contributed by atoms with Crippen LogP contribution in [0.1, 0.15) is 35.0 Å². The maximum absolute atomic E-state index is 12.3. The van der Waals surface area contributed by atoms with Crippen molar-refractivity contribution < 1.29 is 14.3 Å². The molecule has 3 rings (SSSR count). The van der Waals surface area contributed by atoms with Crippen molar-refractivity contribution in [3.05, 3.63) is 34.7 Å². The van der Waals surface area contributed by atoms with Gasteiger partial charge < -0.3 is 10.1 Å². The summed E-state index contributed by atoms with van der Waals surface area (Å²) in [6.45, 7) is 3.52. The van der Waals surface area contributed by atoms with Gasteiger partial charge in [-0.1, -0.05) is 18.2 Å². The number of esters is 1. The minimum Gasteiger partial charge on any atom is -0.448 e. The van der Waals surface area contributed by atoms with Crippen LogP contribution in [-0.2, 0) is 9.53 Å². The van der Waals surface area contributed by atoms with Gasteiger partial charge in [0.1, 0.15) is 4.88 Å². The molecule has 0 aliphatic heterocycles. The van der Waals surface area contributed by atoms with Gasteiger partial charge in [-0.05, 0) is 43.7 Å². The van der Waals surface area contributed by atoms with Crippen molar-refractivity contribution in [2.24, 2.45) is 0 Å². The first-order valence-corrected chi connectivity index (χ1v) is 7.87. The Balaban J connectivity index is 1.74. The number of amides is 1. The molecular formula is C16H17NO3S. The third-order valence-corrected chi connectivity index (χ3v) is 4.86. The van der Waals surface area contributed by atoms with Crippen LogP contribution in [0.3, 0.4) is 0 Å². The smallest absolute Gasteiger partial charge is 0.349 e. The predicted octanol–water partition coefficient (Wildman–Crippen LogP) is 3.03. The summed E-state index contributed by atoms with van der Waals surface area (Å²) in [5.41, 5.74) is 0.912. The Labute approximate surface area is 127 Å². The summed E-state index contributed by atoms with van der Waals surface area (Å²) in [5, 5.41) is 3.90. The minimum absolute atomic E-state index is 0.218. The number of benzene rings is 1. The van der Waals surface area contributed by atoms with Crippen LogP contribution < -0.4 is 5.32 Å². The lowest BCUT2D eigenvalue weighted by Gasteiger charge is -2.12. The standard InChI is InChI=1S/C16H17NO3S/c1-9-12-5-3-4-6-13(12)21-14(9)16(19)20-10(2)15(18)17-11-7-8-11/h3-6,10-11H,7-8H2,1-2H3,(H,17,18)/t10-/m0/s1. The van der Waals surface area contributed by atoms with Gasteiger partial charge in [-0.25, -0.2) is 4.79 Å². The zero-order valence-corrected chi connectivity index (χ0v) is 12.8. The molecule has 1 saturated carbocycles. The van der Waals surface area contributed by atoms with E-state index in [1.54, 1.807) is 6.92 Å². The maximum Gasteiger partial charge on any atom is 0.349 e. The number of fused-ring (bicyclic) bond motifs is 1. The molecule has 1 aliphatic rings. The Morgan fingerprint density at radius 2 is 2.05 bits per heavy atom. The van der Waals surface area contributed by atoms with Crippen molar-refractivity contribution in [1.29, 1.82) is 0 Å². The van der Waals surface area contributed by atoms with Crippen LogP contribution in [0.15, 0.2) is 24.3 Å². The molecule has 1 aromatic heterocycles. The summed E-state index contributed by atoms with van der Waals surface area (Å²) >= 11 is 1.41. The van der Waals surface area contributed by atoms with Crippen molar-refractivity contribution in [1.82, 2.24) is 5.32 Å². The number of carbonyl (C=O) groups excluding carboxylic acids is 2. The first-order chi connectivity index (χ1) is 10.1. The van der Waals surface area contributed by atoms with Crippen LogP contribution in [0.5, 0.6) is 0 Å². The van der Waals surface area contributed by atoms with Gasteiger partial charge in [0.25, 0.3) is 5.91 Å². The average Bonchev–Trinajstić information content (AvgIpc) is 3.21. The van der Waals surface area contributed by atoms with Gasteiger partial charge in [0.05, 0.1) is 0 Å². The Bertz CT molecular complexity index is 703. The van der Waals surface area contributed by atoms with E-state index in [0.29, 0.717) is 4.88 Å². The quantitative estimate of drug-likeness (QED) is 0.883. The highest BCUT2D eigenvalue weighted by Gasteiger charge is 2.28. The van der Waals surface area contributed by atoms with Crippen molar-refractivity contribution in [3.8, 4) is 0 Å². The Kier molecular flexibility index (Phi) is 3.68. The third kappa shape index (κ3) is 2.93. The summed E-state index contributed by atoms with van der Waals surface area (Å²) in [6, 6.07) is 8.13. The third-order valence-electron chi connectivity index (χ3n) is 3.61. The summed E-state index contributed by atoms with van der Waals surface area (Å²) in [5.74, 6) is -0.642. The van der Waals surface area contributed by atoms with E-state index in [-0.39, 0.29) is 11.9 Å². The molecule has 2 aromatic rings. The number of hydrogen-bond acceptors (Lipinski definition) is 4. The first-order valence-electron chi connectivity index (χ1n) is 7.05. The second kappa shape index (κ2) is 5.48. The van der Waals surface area contributed by atoms with E-state index in [9.17, 15) is 9.59 Å². The van der Waals surface area contributed by atoms with E-state index in [2.05, 4.69) is 5.32 Å². The summed E-state index contributed by atoms with van der Waals surface area (Å²) in [7, 11) is 0. The molecule has 1 heterocycles. The van der Waals surface area contributed by atoms with E-state index >= 15 is 0 Å². The zero-order chi connectivity index (χ0) is 15.0. The van der Waals surface area contributed by atoms with Crippen molar-refractivity contribution in [2.45, 2.75) is 38.8 Å². The second-order valence-corrected chi connectivity index (χ2v) is 6.43. The molecule has 0 spiro atoms. The van der Waals surface area contributed by atoms with E-state index in [0.717, 1.165) is 28.5 Å². The first kappa shape index (κ1) is 14.1. The molecule has 1 amide bonds. The Morgan fingerprint density at radius 1 is 1.33 bits per heavy atom. The summed E-state index contributed by atoms with van der Waals surface area (Å²) < 4.78 is 6.35. The lowest BCUT2D eigenvalue weighted by molar-refractivity contribution is -0.129. The molecular weight excluding hydrogens is 286 g/mol.